The molecule has 3 amide bonds. The molecule has 0 aliphatic carbocycles. The van der Waals surface area contributed by atoms with Gasteiger partial charge in [0.15, 0.2) is 0 Å². The van der Waals surface area contributed by atoms with E-state index in [1.807, 2.05) is 0 Å². The summed E-state index contributed by atoms with van der Waals surface area (Å²) in [5.41, 5.74) is 1.49. The number of nitrogens with one attached hydrogen (secondary N) is 3. The summed E-state index contributed by atoms with van der Waals surface area (Å²) >= 11 is 0. The van der Waals surface area contributed by atoms with Gasteiger partial charge in [0.2, 0.25) is 0 Å². The van der Waals surface area contributed by atoms with Crippen LogP contribution in [0.2, 0.25) is 0 Å². The molecule has 2 aromatic rings. The summed E-state index contributed by atoms with van der Waals surface area (Å²) in [6, 6.07) is 11.8. The van der Waals surface area contributed by atoms with Crippen LogP contribution in [0.1, 0.15) is 18.5 Å². The summed E-state index contributed by atoms with van der Waals surface area (Å²) in [6.07, 6.45) is 0. The monoisotopic (exact) mass is 355 g/mol. The minimum absolute atomic E-state index is 0.0724. The molecule has 0 saturated carbocycles. The lowest BCUT2D eigenvalue weighted by Crippen LogP contribution is -2.46. The van der Waals surface area contributed by atoms with Gasteiger partial charge >= 0.3 is 6.03 Å². The Labute approximate surface area is 150 Å². The lowest BCUT2D eigenvalue weighted by atomic mass is 9.94. The van der Waals surface area contributed by atoms with Crippen molar-refractivity contribution in [1.82, 2.24) is 10.6 Å². The molecule has 3 rings (SSSR count). The van der Waals surface area contributed by atoms with E-state index in [1.165, 1.54) is 18.2 Å². The number of ether oxygens (including phenoxy) is 1. The van der Waals surface area contributed by atoms with Gasteiger partial charge in [-0.3, -0.25) is 4.79 Å². The van der Waals surface area contributed by atoms with E-state index in [4.69, 9.17) is 4.74 Å². The van der Waals surface area contributed by atoms with Crippen LogP contribution in [0.25, 0.3) is 0 Å². The number of halogens is 1. The first-order chi connectivity index (χ1) is 12.5. The first-order valence-corrected chi connectivity index (χ1v) is 7.97. The Morgan fingerprint density at radius 2 is 1.85 bits per heavy atom. The van der Waals surface area contributed by atoms with Crippen molar-refractivity contribution >= 4 is 17.6 Å². The van der Waals surface area contributed by atoms with Crippen LogP contribution in [0.4, 0.5) is 14.9 Å². The van der Waals surface area contributed by atoms with Crippen molar-refractivity contribution in [2.24, 2.45) is 0 Å². The Morgan fingerprint density at radius 1 is 1.15 bits per heavy atom. The summed E-state index contributed by atoms with van der Waals surface area (Å²) in [5.74, 6) is -0.374. The number of allylic oxidation sites excluding steroid dienone is 1. The third kappa shape index (κ3) is 3.51. The van der Waals surface area contributed by atoms with Crippen molar-refractivity contribution in [3.8, 4) is 5.75 Å². The first kappa shape index (κ1) is 17.5. The molecule has 0 spiro atoms. The highest BCUT2D eigenvalue weighted by Crippen LogP contribution is 2.29. The van der Waals surface area contributed by atoms with Crippen LogP contribution in [0.3, 0.4) is 0 Å². The molecular formula is C19H18FN3O3. The van der Waals surface area contributed by atoms with Crippen LogP contribution < -0.4 is 20.7 Å². The summed E-state index contributed by atoms with van der Waals surface area (Å²) in [6.45, 7) is 1.63. The number of para-hydroxylation sites is 1. The normalized spacial score (nSPS) is 16.6. The van der Waals surface area contributed by atoms with Gasteiger partial charge in [-0.1, -0.05) is 24.3 Å². The van der Waals surface area contributed by atoms with Gasteiger partial charge in [-0.25, -0.2) is 9.18 Å². The highest BCUT2D eigenvalue weighted by Gasteiger charge is 2.31. The van der Waals surface area contributed by atoms with E-state index in [0.717, 1.165) is 0 Å². The standard InChI is InChI=1S/C19H18FN3O3/c1-11-16(18(24)22-15-6-4-3-5-14(15)20)17(23-19(25)21-11)12-7-9-13(26-2)10-8-12/h3-10,17H,1-2H3,(H,22,24)(H2,21,23,25)/t17-/m1/s1. The maximum atomic E-state index is 13.8. The van der Waals surface area contributed by atoms with E-state index in [-0.39, 0.29) is 5.69 Å². The predicted molar refractivity (Wildman–Crippen MR) is 95.1 cm³/mol. The molecule has 0 radical (unpaired) electrons. The molecule has 3 N–H and O–H groups in total. The van der Waals surface area contributed by atoms with E-state index in [1.54, 1.807) is 44.4 Å². The molecule has 134 valence electrons. The van der Waals surface area contributed by atoms with Gasteiger partial charge in [-0.05, 0) is 36.8 Å². The quantitative estimate of drug-likeness (QED) is 0.788. The molecule has 1 atom stereocenters. The maximum Gasteiger partial charge on any atom is 0.319 e. The zero-order chi connectivity index (χ0) is 18.7. The second kappa shape index (κ2) is 7.26. The van der Waals surface area contributed by atoms with Gasteiger partial charge in [0.1, 0.15) is 11.6 Å². The number of anilines is 1. The topological polar surface area (TPSA) is 79.5 Å². The molecule has 0 unspecified atom stereocenters. The van der Waals surface area contributed by atoms with Crippen LogP contribution in [0, 0.1) is 5.82 Å². The SMILES string of the molecule is COc1ccc([C@H]2NC(=O)NC(C)=C2C(=O)Nc2ccccc2F)cc1. The molecule has 7 heteroatoms. The summed E-state index contributed by atoms with van der Waals surface area (Å²) in [4.78, 5) is 24.7. The first-order valence-electron chi connectivity index (χ1n) is 7.97. The molecule has 1 heterocycles. The van der Waals surface area contributed by atoms with Gasteiger partial charge in [-0.15, -0.1) is 0 Å². The fourth-order valence-electron chi connectivity index (χ4n) is 2.79. The molecule has 1 aliphatic rings. The number of methoxy groups -OCH3 is 1. The summed E-state index contributed by atoms with van der Waals surface area (Å²) in [5, 5.41) is 7.87. The predicted octanol–water partition coefficient (Wildman–Crippen LogP) is 3.10. The van der Waals surface area contributed by atoms with E-state index < -0.39 is 23.8 Å². The van der Waals surface area contributed by atoms with Gasteiger partial charge in [0, 0.05) is 5.70 Å². The van der Waals surface area contributed by atoms with Crippen molar-refractivity contribution in [1.29, 1.82) is 0 Å². The lowest BCUT2D eigenvalue weighted by molar-refractivity contribution is -0.113. The second-order valence-electron chi connectivity index (χ2n) is 5.78. The summed E-state index contributed by atoms with van der Waals surface area (Å²) in [7, 11) is 1.55. The molecule has 0 saturated heterocycles. The lowest BCUT2D eigenvalue weighted by Gasteiger charge is -2.28. The number of amides is 3. The average molecular weight is 355 g/mol. The summed E-state index contributed by atoms with van der Waals surface area (Å²) < 4.78 is 19.0. The van der Waals surface area contributed by atoms with Gasteiger partial charge in [0.05, 0.1) is 24.4 Å². The number of carbonyl (C=O) groups is 2. The number of benzene rings is 2. The third-order valence-corrected chi connectivity index (χ3v) is 4.08. The average Bonchev–Trinajstić information content (AvgIpc) is 2.63. The van der Waals surface area contributed by atoms with Crippen LogP contribution in [0.5, 0.6) is 5.75 Å². The molecule has 1 aliphatic heterocycles. The molecule has 6 nitrogen and oxygen atoms in total. The third-order valence-electron chi connectivity index (χ3n) is 4.08. The molecule has 0 fully saturated rings. The van der Waals surface area contributed by atoms with E-state index in [0.29, 0.717) is 22.6 Å². The molecular weight excluding hydrogens is 337 g/mol. The van der Waals surface area contributed by atoms with Crippen LogP contribution in [-0.4, -0.2) is 19.0 Å². The highest BCUT2D eigenvalue weighted by atomic mass is 19.1. The highest BCUT2D eigenvalue weighted by molar-refractivity contribution is 6.06. The van der Waals surface area contributed by atoms with Gasteiger partial charge in [-0.2, -0.15) is 0 Å². The molecule has 0 aromatic heterocycles. The van der Waals surface area contributed by atoms with Crippen LogP contribution in [0.15, 0.2) is 59.8 Å². The van der Waals surface area contributed by atoms with Crippen molar-refractivity contribution in [3.63, 3.8) is 0 Å². The van der Waals surface area contributed by atoms with E-state index in [2.05, 4.69) is 16.0 Å². The fraction of sp³-hybridized carbons (Fsp3) is 0.158. The second-order valence-corrected chi connectivity index (χ2v) is 5.78. The number of carbonyl (C=O) groups excluding carboxylic acids is 2. The zero-order valence-electron chi connectivity index (χ0n) is 14.3. The van der Waals surface area contributed by atoms with Gasteiger partial charge < -0.3 is 20.7 Å². The fourth-order valence-corrected chi connectivity index (χ4v) is 2.79. The van der Waals surface area contributed by atoms with Crippen molar-refractivity contribution in [2.75, 3.05) is 12.4 Å². The zero-order valence-corrected chi connectivity index (χ0v) is 14.3. The number of urea groups is 1. The molecule has 0 bridgehead atoms. The Balaban J connectivity index is 1.94. The minimum atomic E-state index is -0.665. The van der Waals surface area contributed by atoms with Crippen molar-refractivity contribution < 1.29 is 18.7 Å². The molecule has 2 aromatic carbocycles. The number of hydrogen-bond donors (Lipinski definition) is 3. The Kier molecular flexibility index (Phi) is 4.88. The molecule has 26 heavy (non-hydrogen) atoms. The van der Waals surface area contributed by atoms with Crippen molar-refractivity contribution in [2.45, 2.75) is 13.0 Å². The Bertz CT molecular complexity index is 878. The van der Waals surface area contributed by atoms with E-state index in [9.17, 15) is 14.0 Å². The van der Waals surface area contributed by atoms with Crippen LogP contribution >= 0.6 is 0 Å². The van der Waals surface area contributed by atoms with Gasteiger partial charge in [0.25, 0.3) is 5.91 Å². The number of hydrogen-bond acceptors (Lipinski definition) is 3. The minimum Gasteiger partial charge on any atom is -0.497 e. The number of rotatable bonds is 4. The van der Waals surface area contributed by atoms with E-state index >= 15 is 0 Å². The Hall–Kier alpha value is -3.35. The van der Waals surface area contributed by atoms with Crippen molar-refractivity contribution in [3.05, 3.63) is 71.2 Å². The maximum absolute atomic E-state index is 13.8. The van der Waals surface area contributed by atoms with Crippen LogP contribution in [-0.2, 0) is 4.79 Å². The Morgan fingerprint density at radius 3 is 2.50 bits per heavy atom. The smallest absolute Gasteiger partial charge is 0.319 e. The largest absolute Gasteiger partial charge is 0.497 e.